The Morgan fingerprint density at radius 3 is 1.35 bits per heavy atom. The summed E-state index contributed by atoms with van der Waals surface area (Å²) in [5.41, 5.74) is 11.2. The lowest BCUT2D eigenvalue weighted by molar-refractivity contribution is -0.360. The van der Waals surface area contributed by atoms with E-state index in [-0.39, 0.29) is 0 Å². The summed E-state index contributed by atoms with van der Waals surface area (Å²) in [6.45, 7) is -1.04. The Morgan fingerprint density at radius 2 is 1.04 bits per heavy atom. The summed E-state index contributed by atoms with van der Waals surface area (Å²) in [6.07, 6.45) is -10.9. The number of nitrogens with two attached hydrogens (primary N) is 2. The van der Waals surface area contributed by atoms with Crippen LogP contribution in [0, 0.1) is 0 Å². The average Bonchev–Trinajstić information content (AvgIpc) is 2.55. The highest BCUT2D eigenvalue weighted by Gasteiger charge is 2.48. The number of hydrogen-bond donors (Lipinski definition) is 8. The third kappa shape index (κ3) is 3.65. The number of ether oxygens (including phenoxy) is 3. The maximum atomic E-state index is 9.94. The van der Waals surface area contributed by atoms with Crippen LogP contribution in [0.1, 0.15) is 0 Å². The summed E-state index contributed by atoms with van der Waals surface area (Å²) in [7, 11) is 0. The topological polar surface area (TPSA) is 201 Å². The van der Waals surface area contributed by atoms with E-state index in [9.17, 15) is 30.6 Å². The van der Waals surface area contributed by atoms with Crippen LogP contribution < -0.4 is 11.5 Å². The minimum atomic E-state index is -1.57. The van der Waals surface area contributed by atoms with Crippen molar-refractivity contribution in [3.05, 3.63) is 0 Å². The molecule has 0 spiro atoms. The molecule has 2 fully saturated rings. The minimum absolute atomic E-state index is 0.522. The Balaban J connectivity index is 2.07. The van der Waals surface area contributed by atoms with Crippen LogP contribution in [0.25, 0.3) is 0 Å². The maximum Gasteiger partial charge on any atom is 0.189 e. The fourth-order valence-corrected chi connectivity index (χ4v) is 2.59. The van der Waals surface area contributed by atoms with Gasteiger partial charge in [0.2, 0.25) is 0 Å². The molecule has 0 aromatic carbocycles. The van der Waals surface area contributed by atoms with E-state index in [1.54, 1.807) is 0 Å². The van der Waals surface area contributed by atoms with Crippen molar-refractivity contribution in [2.24, 2.45) is 11.5 Å². The molecule has 10 N–H and O–H groups in total. The van der Waals surface area contributed by atoms with Crippen LogP contribution in [0.2, 0.25) is 0 Å². The van der Waals surface area contributed by atoms with Crippen LogP contribution in [0.15, 0.2) is 0 Å². The molecule has 0 aromatic heterocycles. The zero-order valence-electron chi connectivity index (χ0n) is 12.3. The lowest BCUT2D eigenvalue weighted by atomic mass is 9.96. The van der Waals surface area contributed by atoms with Crippen molar-refractivity contribution in [3.8, 4) is 0 Å². The van der Waals surface area contributed by atoms with Crippen LogP contribution >= 0.6 is 0 Å². The van der Waals surface area contributed by atoms with E-state index < -0.39 is 74.5 Å². The van der Waals surface area contributed by atoms with Gasteiger partial charge >= 0.3 is 0 Å². The van der Waals surface area contributed by atoms with Gasteiger partial charge in [0.1, 0.15) is 36.6 Å². The first-order chi connectivity index (χ1) is 10.8. The van der Waals surface area contributed by atoms with E-state index in [1.807, 2.05) is 0 Å². The van der Waals surface area contributed by atoms with Crippen molar-refractivity contribution in [1.29, 1.82) is 0 Å². The van der Waals surface area contributed by atoms with Gasteiger partial charge < -0.3 is 56.3 Å². The molecule has 11 nitrogen and oxygen atoms in total. The Kier molecular flexibility index (Phi) is 6.27. The Morgan fingerprint density at radius 1 is 0.696 bits per heavy atom. The Hall–Kier alpha value is -0.440. The summed E-state index contributed by atoms with van der Waals surface area (Å²) in [6, 6.07) is -2.06. The van der Waals surface area contributed by atoms with Gasteiger partial charge in [0.05, 0.1) is 25.3 Å². The zero-order chi connectivity index (χ0) is 17.3. The molecule has 0 amide bonds. The van der Waals surface area contributed by atoms with E-state index in [2.05, 4.69) is 0 Å². The number of rotatable bonds is 4. The molecule has 10 atom stereocenters. The normalized spacial score (nSPS) is 51.7. The van der Waals surface area contributed by atoms with Gasteiger partial charge in [0, 0.05) is 0 Å². The predicted octanol–water partition coefficient (Wildman–Crippen LogP) is -5.46. The quantitative estimate of drug-likeness (QED) is 0.242. The SMILES string of the molecule is N[C@H]1[C@H](O)[C@@H](O)[C@@H](O[C@H]2O[C@H](CO)[C@@H](N)[C@H](O)[C@H]2O)O[C@@H]1CO. The fourth-order valence-electron chi connectivity index (χ4n) is 2.59. The standard InChI is InChI=1S/C12H24N2O9/c13-5-3(1-15)21-11(9(19)7(5)17)23-12-10(20)8(18)6(14)4(2-16)22-12/h3-12,15-20H,1-2,13-14H2/t3-,4-,5-,6-,7+,8+,9-,10-,11-,12-/m1/s1. The molecule has 0 unspecified atom stereocenters. The second-order valence-corrected chi connectivity index (χ2v) is 5.70. The molecule has 11 heteroatoms. The lowest BCUT2D eigenvalue weighted by Crippen LogP contribution is -2.66. The van der Waals surface area contributed by atoms with E-state index >= 15 is 0 Å². The van der Waals surface area contributed by atoms with Gasteiger partial charge in [0.25, 0.3) is 0 Å². The molecule has 0 aromatic rings. The van der Waals surface area contributed by atoms with Gasteiger partial charge in [-0.05, 0) is 0 Å². The van der Waals surface area contributed by atoms with Crippen molar-refractivity contribution in [2.75, 3.05) is 13.2 Å². The smallest absolute Gasteiger partial charge is 0.189 e. The number of aliphatic hydroxyl groups excluding tert-OH is 6. The third-order valence-electron chi connectivity index (χ3n) is 4.15. The minimum Gasteiger partial charge on any atom is -0.394 e. The maximum absolute atomic E-state index is 9.94. The van der Waals surface area contributed by atoms with E-state index in [0.29, 0.717) is 0 Å². The highest BCUT2D eigenvalue weighted by Crippen LogP contribution is 2.26. The summed E-state index contributed by atoms with van der Waals surface area (Å²) < 4.78 is 15.7. The first-order valence-corrected chi connectivity index (χ1v) is 7.23. The molecule has 2 rings (SSSR count). The first kappa shape index (κ1) is 18.9. The average molecular weight is 340 g/mol. The largest absolute Gasteiger partial charge is 0.394 e. The van der Waals surface area contributed by atoms with Crippen LogP contribution in [-0.2, 0) is 14.2 Å². The van der Waals surface area contributed by atoms with Crippen LogP contribution in [0.3, 0.4) is 0 Å². The second kappa shape index (κ2) is 7.63. The first-order valence-electron chi connectivity index (χ1n) is 7.23. The van der Waals surface area contributed by atoms with Crippen molar-refractivity contribution < 1.29 is 44.8 Å². The lowest BCUT2D eigenvalue weighted by Gasteiger charge is -2.45. The monoisotopic (exact) mass is 340 g/mol. The number of aliphatic hydroxyl groups is 6. The van der Waals surface area contributed by atoms with E-state index in [1.165, 1.54) is 0 Å². The Labute approximate surface area is 132 Å². The van der Waals surface area contributed by atoms with Crippen molar-refractivity contribution in [3.63, 3.8) is 0 Å². The summed E-state index contributed by atoms with van der Waals surface area (Å²) >= 11 is 0. The number of hydrogen-bond acceptors (Lipinski definition) is 11. The predicted molar refractivity (Wildman–Crippen MR) is 72.6 cm³/mol. The van der Waals surface area contributed by atoms with Crippen molar-refractivity contribution >= 4 is 0 Å². The van der Waals surface area contributed by atoms with Gasteiger partial charge in [-0.2, -0.15) is 0 Å². The van der Waals surface area contributed by atoms with Gasteiger partial charge in [-0.15, -0.1) is 0 Å². The van der Waals surface area contributed by atoms with Gasteiger partial charge in [-0.1, -0.05) is 0 Å². The van der Waals surface area contributed by atoms with Gasteiger partial charge in [-0.25, -0.2) is 0 Å². The summed E-state index contributed by atoms with van der Waals surface area (Å²) in [5, 5.41) is 57.9. The molecule has 136 valence electrons. The molecule has 0 saturated carbocycles. The summed E-state index contributed by atoms with van der Waals surface area (Å²) in [4.78, 5) is 0. The van der Waals surface area contributed by atoms with Crippen LogP contribution in [0.5, 0.6) is 0 Å². The molecular weight excluding hydrogens is 316 g/mol. The molecule has 0 bridgehead atoms. The third-order valence-corrected chi connectivity index (χ3v) is 4.15. The molecule has 2 heterocycles. The highest BCUT2D eigenvalue weighted by atomic mass is 16.8. The van der Waals surface area contributed by atoms with Crippen molar-refractivity contribution in [2.45, 2.75) is 61.3 Å². The van der Waals surface area contributed by atoms with Crippen LogP contribution in [-0.4, -0.2) is 105 Å². The highest BCUT2D eigenvalue weighted by molar-refractivity contribution is 4.94. The fraction of sp³-hybridized carbons (Fsp3) is 1.00. The molecule has 2 aliphatic rings. The molecule has 0 radical (unpaired) electrons. The van der Waals surface area contributed by atoms with Gasteiger partial charge in [-0.3, -0.25) is 0 Å². The van der Waals surface area contributed by atoms with Gasteiger partial charge in [0.15, 0.2) is 12.6 Å². The molecule has 0 aliphatic carbocycles. The Bertz CT molecular complexity index is 352. The molecule has 2 saturated heterocycles. The molecule has 2 aliphatic heterocycles. The van der Waals surface area contributed by atoms with Crippen LogP contribution in [0.4, 0.5) is 0 Å². The second-order valence-electron chi connectivity index (χ2n) is 5.70. The van der Waals surface area contributed by atoms with E-state index in [4.69, 9.17) is 25.7 Å². The summed E-state index contributed by atoms with van der Waals surface area (Å²) in [5.74, 6) is 0. The van der Waals surface area contributed by atoms with Crippen molar-refractivity contribution in [1.82, 2.24) is 0 Å². The zero-order valence-corrected chi connectivity index (χ0v) is 12.3. The molecular formula is C12H24N2O9. The van der Waals surface area contributed by atoms with E-state index in [0.717, 1.165) is 0 Å². The molecule has 23 heavy (non-hydrogen) atoms.